The fourth-order valence-corrected chi connectivity index (χ4v) is 1.51. The summed E-state index contributed by atoms with van der Waals surface area (Å²) in [6.07, 6.45) is 17.4. The average Bonchev–Trinajstić information content (AvgIpc) is 2.26. The van der Waals surface area contributed by atoms with Gasteiger partial charge in [0.25, 0.3) is 0 Å². The van der Waals surface area contributed by atoms with Crippen LogP contribution in [0.25, 0.3) is 0 Å². The van der Waals surface area contributed by atoms with Gasteiger partial charge in [0.15, 0.2) is 0 Å². The highest BCUT2D eigenvalue weighted by atomic mass is 16.2. The van der Waals surface area contributed by atoms with Crippen molar-refractivity contribution in [2.75, 3.05) is 6.61 Å². The number of unbranched alkanes of at least 4 members (excludes halogenated alkanes) is 7. The van der Waals surface area contributed by atoms with Gasteiger partial charge in [-0.2, -0.15) is 0 Å². The van der Waals surface area contributed by atoms with Crippen molar-refractivity contribution >= 4 is 0 Å². The van der Waals surface area contributed by atoms with Gasteiger partial charge in [-0.15, -0.1) is 6.58 Å². The highest BCUT2D eigenvalue weighted by Gasteiger charge is 1.87. The van der Waals surface area contributed by atoms with Gasteiger partial charge in [-0.1, -0.05) is 31.1 Å². The number of aliphatic hydroxyl groups excluding tert-OH is 1. The van der Waals surface area contributed by atoms with Crippen molar-refractivity contribution in [2.24, 2.45) is 0 Å². The van der Waals surface area contributed by atoms with Crippen molar-refractivity contribution in [1.82, 2.24) is 0 Å². The number of hydrogen-bond acceptors (Lipinski definition) is 1. The van der Waals surface area contributed by atoms with Crippen LogP contribution in [0.2, 0.25) is 0 Å². The lowest BCUT2D eigenvalue weighted by atomic mass is 10.1. The third-order valence-electron chi connectivity index (χ3n) is 2.47. The summed E-state index contributed by atoms with van der Waals surface area (Å²) in [5.74, 6) is 0. The van der Waals surface area contributed by atoms with Crippen molar-refractivity contribution in [2.45, 2.75) is 57.8 Å². The highest BCUT2D eigenvalue weighted by molar-refractivity contribution is 4.81. The van der Waals surface area contributed by atoms with Gasteiger partial charge < -0.3 is 5.11 Å². The minimum Gasteiger partial charge on any atom is -0.396 e. The molecule has 0 aliphatic rings. The minimum atomic E-state index is 0.330. The van der Waals surface area contributed by atoms with Crippen molar-refractivity contribution < 1.29 is 5.11 Å². The predicted octanol–water partition coefficient (Wildman–Crippen LogP) is 4.23. The van der Waals surface area contributed by atoms with E-state index in [9.17, 15) is 0 Å². The van der Waals surface area contributed by atoms with E-state index in [1.807, 2.05) is 6.08 Å². The first-order valence-corrected chi connectivity index (χ1v) is 6.28. The highest BCUT2D eigenvalue weighted by Crippen LogP contribution is 2.06. The Morgan fingerprint density at radius 1 is 0.733 bits per heavy atom. The van der Waals surface area contributed by atoms with Crippen molar-refractivity contribution in [3.05, 3.63) is 24.8 Å². The Hall–Kier alpha value is -0.560. The number of allylic oxidation sites excluding steroid dienone is 3. The van der Waals surface area contributed by atoms with Gasteiger partial charge in [0.1, 0.15) is 0 Å². The van der Waals surface area contributed by atoms with Crippen LogP contribution in [0.15, 0.2) is 24.8 Å². The van der Waals surface area contributed by atoms with E-state index in [0.29, 0.717) is 6.61 Å². The van der Waals surface area contributed by atoms with E-state index in [-0.39, 0.29) is 0 Å². The lowest BCUT2D eigenvalue weighted by molar-refractivity contribution is 0.285. The van der Waals surface area contributed by atoms with Crippen LogP contribution in [0, 0.1) is 0 Å². The molecule has 0 aromatic heterocycles. The Bertz CT molecular complexity index is 149. The third-order valence-corrected chi connectivity index (χ3v) is 2.47. The molecule has 0 aliphatic carbocycles. The van der Waals surface area contributed by atoms with Gasteiger partial charge in [0.2, 0.25) is 0 Å². The summed E-state index contributed by atoms with van der Waals surface area (Å²) in [6.45, 7) is 4.04. The fourth-order valence-electron chi connectivity index (χ4n) is 1.51. The first-order valence-electron chi connectivity index (χ1n) is 6.28. The zero-order valence-corrected chi connectivity index (χ0v) is 9.96. The van der Waals surface area contributed by atoms with E-state index in [0.717, 1.165) is 25.7 Å². The summed E-state index contributed by atoms with van der Waals surface area (Å²) in [7, 11) is 0. The van der Waals surface area contributed by atoms with Gasteiger partial charge >= 0.3 is 0 Å². The van der Waals surface area contributed by atoms with E-state index in [2.05, 4.69) is 18.7 Å². The molecule has 0 amide bonds. The van der Waals surface area contributed by atoms with Gasteiger partial charge in [0.05, 0.1) is 0 Å². The van der Waals surface area contributed by atoms with Gasteiger partial charge in [-0.25, -0.2) is 0 Å². The molecule has 0 atom stereocenters. The second kappa shape index (κ2) is 13.4. The van der Waals surface area contributed by atoms with Crippen molar-refractivity contribution in [3.8, 4) is 0 Å². The zero-order chi connectivity index (χ0) is 11.2. The Morgan fingerprint density at radius 2 is 1.27 bits per heavy atom. The van der Waals surface area contributed by atoms with Crippen molar-refractivity contribution in [1.29, 1.82) is 0 Å². The van der Waals surface area contributed by atoms with Crippen LogP contribution in [0.4, 0.5) is 0 Å². The second-order valence-corrected chi connectivity index (χ2v) is 3.97. The summed E-state index contributed by atoms with van der Waals surface area (Å²) < 4.78 is 0. The summed E-state index contributed by atoms with van der Waals surface area (Å²) in [5.41, 5.74) is 0. The van der Waals surface area contributed by atoms with Gasteiger partial charge in [0, 0.05) is 6.61 Å². The minimum absolute atomic E-state index is 0.330. The Labute approximate surface area is 94.9 Å². The largest absolute Gasteiger partial charge is 0.396 e. The van der Waals surface area contributed by atoms with E-state index in [1.165, 1.54) is 32.1 Å². The smallest absolute Gasteiger partial charge is 0.0431 e. The molecule has 0 aliphatic heterocycles. The van der Waals surface area contributed by atoms with Crippen LogP contribution >= 0.6 is 0 Å². The molecule has 0 spiro atoms. The molecule has 1 heteroatoms. The first kappa shape index (κ1) is 14.4. The molecule has 0 saturated heterocycles. The van der Waals surface area contributed by atoms with Crippen LogP contribution in [0.5, 0.6) is 0 Å². The fraction of sp³-hybridized carbons (Fsp3) is 0.714. The van der Waals surface area contributed by atoms with Crippen LogP contribution in [0.1, 0.15) is 57.8 Å². The molecule has 0 aromatic carbocycles. The number of rotatable bonds is 11. The summed E-state index contributed by atoms with van der Waals surface area (Å²) in [6, 6.07) is 0. The number of hydrogen-bond donors (Lipinski definition) is 1. The van der Waals surface area contributed by atoms with E-state index in [1.54, 1.807) is 0 Å². The standard InChI is InChI=1S/C14H26O/c1-2-3-4-5-6-7-8-9-10-11-12-13-14-15/h2,9-10,15H,1,3-8,11-14H2/b10-9-. The molecule has 0 aromatic rings. The SMILES string of the molecule is C=CCCCCCC/C=C\CCCCO. The molecule has 15 heavy (non-hydrogen) atoms. The normalized spacial score (nSPS) is 11.0. The van der Waals surface area contributed by atoms with E-state index >= 15 is 0 Å². The van der Waals surface area contributed by atoms with Crippen molar-refractivity contribution in [3.63, 3.8) is 0 Å². The van der Waals surface area contributed by atoms with Crippen LogP contribution in [-0.4, -0.2) is 11.7 Å². The molecule has 1 N–H and O–H groups in total. The van der Waals surface area contributed by atoms with E-state index < -0.39 is 0 Å². The molecule has 0 heterocycles. The molecule has 88 valence electrons. The molecule has 0 unspecified atom stereocenters. The second-order valence-electron chi connectivity index (χ2n) is 3.97. The molecule has 1 nitrogen and oxygen atoms in total. The maximum absolute atomic E-state index is 8.58. The molecule has 0 fully saturated rings. The monoisotopic (exact) mass is 210 g/mol. The molecular weight excluding hydrogens is 184 g/mol. The maximum Gasteiger partial charge on any atom is 0.0431 e. The maximum atomic E-state index is 8.58. The molecule has 0 radical (unpaired) electrons. The van der Waals surface area contributed by atoms with Gasteiger partial charge in [-0.3, -0.25) is 0 Å². The zero-order valence-electron chi connectivity index (χ0n) is 9.96. The Morgan fingerprint density at radius 3 is 1.80 bits per heavy atom. The first-order chi connectivity index (χ1) is 7.41. The number of aliphatic hydroxyl groups is 1. The van der Waals surface area contributed by atoms with E-state index in [4.69, 9.17) is 5.11 Å². The van der Waals surface area contributed by atoms with Gasteiger partial charge in [-0.05, 0) is 44.9 Å². The topological polar surface area (TPSA) is 20.2 Å². The lowest BCUT2D eigenvalue weighted by Gasteiger charge is -1.96. The lowest BCUT2D eigenvalue weighted by Crippen LogP contribution is -1.80. The summed E-state index contributed by atoms with van der Waals surface area (Å²) in [5, 5.41) is 8.58. The summed E-state index contributed by atoms with van der Waals surface area (Å²) >= 11 is 0. The molecule has 0 bridgehead atoms. The van der Waals surface area contributed by atoms with Crippen LogP contribution in [0.3, 0.4) is 0 Å². The molecule has 0 rings (SSSR count). The summed E-state index contributed by atoms with van der Waals surface area (Å²) in [4.78, 5) is 0. The van der Waals surface area contributed by atoms with Crippen LogP contribution < -0.4 is 0 Å². The molecular formula is C14H26O. The quantitative estimate of drug-likeness (QED) is 0.399. The molecule has 0 saturated carbocycles. The Balaban J connectivity index is 2.99. The Kier molecular flexibility index (Phi) is 12.9. The third kappa shape index (κ3) is 13.4. The average molecular weight is 210 g/mol. The van der Waals surface area contributed by atoms with Crippen LogP contribution in [-0.2, 0) is 0 Å². The predicted molar refractivity (Wildman–Crippen MR) is 68.0 cm³/mol.